The lowest BCUT2D eigenvalue weighted by molar-refractivity contribution is -0.148. The number of carboxylic acid groups (broad SMARTS) is 1. The third-order valence-electron chi connectivity index (χ3n) is 10.6. The number of methoxy groups -OCH3 is 8. The first kappa shape index (κ1) is 100. The first-order valence-electron chi connectivity index (χ1n) is 27.8. The summed E-state index contributed by atoms with van der Waals surface area (Å²) in [7, 11) is 12.4. The van der Waals surface area contributed by atoms with Crippen LogP contribution in [0.2, 0.25) is 0 Å². The molecule has 0 radical (unpaired) electrons. The Morgan fingerprint density at radius 3 is 1.17 bits per heavy atom. The van der Waals surface area contributed by atoms with Gasteiger partial charge < -0.3 is 102 Å². The van der Waals surface area contributed by atoms with Gasteiger partial charge in [-0.1, -0.05) is 5.92 Å². The molecule has 0 bridgehead atoms. The molecular formula is C59H103Cl2N9O20S2. The van der Waals surface area contributed by atoms with E-state index in [1.807, 2.05) is 9.80 Å². The lowest BCUT2D eigenvalue weighted by atomic mass is 10.1. The number of aromatic nitrogens is 6. The average molecular weight is 1390 g/mol. The molecular weight excluding hydrogens is 1290 g/mol. The van der Waals surface area contributed by atoms with Crippen molar-refractivity contribution in [1.82, 2.24) is 39.7 Å². The third-order valence-corrected chi connectivity index (χ3v) is 10.6. The van der Waals surface area contributed by atoms with Crippen LogP contribution in [0.25, 0.3) is 0 Å². The SMILES string of the molecule is C#CC#CC#CC#CC.COC(=O)[C@@H](N)Cc1cnc[nH]1.COCCOCC=O.COCCOCCN(CCOCCOC)[C@@H](Cc1cnc[nH]1)C(=O)O.COCCOCCN(CCOCCOC)[C@@H](Cc1cnc[nH]1)C(=O)OC.COCCOCCO.Cl.Cl.S.S. The minimum absolute atomic E-state index is 0. The fourth-order valence-electron chi connectivity index (χ4n) is 6.27. The number of aldehydes is 1. The Morgan fingerprint density at radius 1 is 0.522 bits per heavy atom. The number of halogens is 2. The summed E-state index contributed by atoms with van der Waals surface area (Å²) in [5, 5.41) is 17.8. The van der Waals surface area contributed by atoms with Gasteiger partial charge in [-0.25, -0.2) is 15.0 Å². The number of ether oxygens (including phenoxy) is 14. The second kappa shape index (κ2) is 79.8. The number of carbonyl (C=O) groups excluding carboxylic acids is 3. The average Bonchev–Trinajstić information content (AvgIpc) is 3.48. The van der Waals surface area contributed by atoms with Crippen molar-refractivity contribution in [3.8, 4) is 47.9 Å². The molecule has 29 nitrogen and oxygen atoms in total. The van der Waals surface area contributed by atoms with Crippen LogP contribution < -0.4 is 5.73 Å². The Kier molecular flexibility index (Phi) is 86.9. The van der Waals surface area contributed by atoms with E-state index in [0.717, 1.165) is 23.4 Å². The van der Waals surface area contributed by atoms with Gasteiger partial charge in [0.25, 0.3) is 0 Å². The molecule has 530 valence electrons. The summed E-state index contributed by atoms with van der Waals surface area (Å²) >= 11 is 0. The fraction of sp³-hybridized carbons (Fsp3) is 0.644. The molecule has 0 aliphatic heterocycles. The molecule has 7 N–H and O–H groups in total. The van der Waals surface area contributed by atoms with Crippen LogP contribution in [-0.2, 0) is 105 Å². The number of nitrogens with zero attached hydrogens (tertiary/aromatic N) is 5. The molecule has 0 saturated carbocycles. The van der Waals surface area contributed by atoms with E-state index in [-0.39, 0.29) is 71.0 Å². The Labute approximate surface area is 569 Å². The molecule has 33 heteroatoms. The number of hydrogen-bond donors (Lipinski definition) is 6. The van der Waals surface area contributed by atoms with Gasteiger partial charge >= 0.3 is 17.9 Å². The lowest BCUT2D eigenvalue weighted by Crippen LogP contribution is -2.46. The molecule has 3 aromatic rings. The number of hydrogen-bond acceptors (Lipinski definition) is 25. The number of imidazole rings is 3. The molecule has 3 heterocycles. The summed E-state index contributed by atoms with van der Waals surface area (Å²) in [6, 6.07) is -1.74. The van der Waals surface area contributed by atoms with E-state index >= 15 is 0 Å². The van der Waals surface area contributed by atoms with Crippen molar-refractivity contribution < 1.29 is 95.7 Å². The van der Waals surface area contributed by atoms with Crippen molar-refractivity contribution in [2.45, 2.75) is 44.3 Å². The van der Waals surface area contributed by atoms with Crippen molar-refractivity contribution in [3.63, 3.8) is 0 Å². The summed E-state index contributed by atoms with van der Waals surface area (Å²) in [5.41, 5.74) is 7.97. The number of aromatic amines is 3. The monoisotopic (exact) mass is 1390 g/mol. The number of terminal acetylenes is 1. The van der Waals surface area contributed by atoms with Gasteiger partial charge in [0, 0.05) is 124 Å². The number of aliphatic carboxylic acids is 1. The molecule has 3 rings (SSSR count). The van der Waals surface area contributed by atoms with Gasteiger partial charge in [-0.3, -0.25) is 24.2 Å². The Bertz CT molecular complexity index is 2250. The van der Waals surface area contributed by atoms with Gasteiger partial charge in [-0.15, -0.1) is 31.2 Å². The lowest BCUT2D eigenvalue weighted by Gasteiger charge is -2.29. The Hall–Kier alpha value is -5.41. The highest BCUT2D eigenvalue weighted by atomic mass is 35.5. The number of esters is 2. The largest absolute Gasteiger partial charge is 0.480 e. The topological polar surface area (TPSA) is 356 Å². The fourth-order valence-corrected chi connectivity index (χ4v) is 6.27. The molecule has 0 amide bonds. The second-order valence-electron chi connectivity index (χ2n) is 16.9. The number of H-pyrrole nitrogens is 3. The number of aliphatic hydroxyl groups is 1. The highest BCUT2D eigenvalue weighted by molar-refractivity contribution is 7.59. The van der Waals surface area contributed by atoms with Crippen molar-refractivity contribution in [2.75, 3.05) is 209 Å². The number of rotatable bonds is 45. The van der Waals surface area contributed by atoms with Crippen LogP contribution in [0.15, 0.2) is 37.6 Å². The first-order chi connectivity index (χ1) is 42.9. The van der Waals surface area contributed by atoms with Crippen molar-refractivity contribution >= 4 is 76.0 Å². The zero-order valence-electron chi connectivity index (χ0n) is 54.6. The number of nitrogens with one attached hydrogen (secondary N) is 3. The van der Waals surface area contributed by atoms with Crippen LogP contribution >= 0.6 is 51.8 Å². The number of carbonyl (C=O) groups is 4. The predicted molar refractivity (Wildman–Crippen MR) is 360 cm³/mol. The molecule has 0 aromatic carbocycles. The van der Waals surface area contributed by atoms with E-state index in [9.17, 15) is 24.3 Å². The standard InChI is InChI=1S/C17H31N3O6.C16H29N3O6.C9H4.C7H11N3O2.C5H12O3.C5H10O3.2ClH.2H2S/c1-22-8-10-25-6-4-20(5-7-26-11-9-23-2)16(17(21)24-3)12-15-13-18-14-19-15;1-22-7-9-24-5-3-19(4-6-25-10-8-23-2)15(16(20)21)11-14-12-17-13-18-14;1-3-5-7-9-8-6-4-2;1-12-7(11)6(8)2-5-3-9-4-10-5;2*1-7-4-5-8-3-2-6;;;;/h13-14,16H,4-12H2,1-3H3,(H,18,19);12-13,15H,3-11H2,1-2H3,(H,17,18)(H,20,21);1H,2H3;3-4,6H,2,8H2,1H3,(H,9,10);6H,2-5H2,1H3;2H,3-5H2,1H3;2*1H;2*1H2/t16-;15-;;6-;;;;;;/m00.0....../s1. The van der Waals surface area contributed by atoms with E-state index in [1.165, 1.54) is 14.2 Å². The molecule has 0 aliphatic carbocycles. The van der Waals surface area contributed by atoms with E-state index in [0.29, 0.717) is 158 Å². The van der Waals surface area contributed by atoms with Crippen LogP contribution in [0.1, 0.15) is 24.0 Å². The van der Waals surface area contributed by atoms with Crippen LogP contribution in [-0.4, -0.2) is 301 Å². The minimum Gasteiger partial charge on any atom is -0.480 e. The maximum Gasteiger partial charge on any atom is 0.323 e. The van der Waals surface area contributed by atoms with Crippen molar-refractivity contribution in [3.05, 3.63) is 54.7 Å². The van der Waals surface area contributed by atoms with Gasteiger partial charge in [0.1, 0.15) is 31.0 Å². The number of aliphatic hydroxyl groups excluding tert-OH is 1. The molecule has 92 heavy (non-hydrogen) atoms. The van der Waals surface area contributed by atoms with Crippen LogP contribution in [0.4, 0.5) is 0 Å². The number of nitrogens with two attached hydrogens (primary N) is 1. The molecule has 0 unspecified atom stereocenters. The molecule has 0 saturated heterocycles. The Morgan fingerprint density at radius 2 is 0.859 bits per heavy atom. The molecule has 0 fully saturated rings. The smallest absolute Gasteiger partial charge is 0.323 e. The zero-order chi connectivity index (χ0) is 65.8. The maximum absolute atomic E-state index is 12.3. The zero-order valence-corrected chi connectivity index (χ0v) is 58.2. The van der Waals surface area contributed by atoms with Gasteiger partial charge in [-0.05, 0) is 42.4 Å². The van der Waals surface area contributed by atoms with Crippen molar-refractivity contribution in [1.29, 1.82) is 0 Å². The molecule has 3 aromatic heterocycles. The summed E-state index contributed by atoms with van der Waals surface area (Å²) < 4.78 is 70.2. The second-order valence-corrected chi connectivity index (χ2v) is 16.9. The van der Waals surface area contributed by atoms with Crippen LogP contribution in [0.3, 0.4) is 0 Å². The normalized spacial score (nSPS) is 10.6. The first-order valence-corrected chi connectivity index (χ1v) is 27.8. The minimum atomic E-state index is -0.886. The van der Waals surface area contributed by atoms with Gasteiger partial charge in [-0.2, -0.15) is 27.0 Å². The van der Waals surface area contributed by atoms with E-state index < -0.39 is 30.1 Å². The maximum atomic E-state index is 12.3. The summed E-state index contributed by atoms with van der Waals surface area (Å²) in [6.07, 6.45) is 16.4. The molecule has 0 aliphatic rings. The quantitative estimate of drug-likeness (QED) is 0.0197. The predicted octanol–water partition coefficient (Wildman–Crippen LogP) is 0.817. The van der Waals surface area contributed by atoms with Gasteiger partial charge in [0.05, 0.1) is 152 Å². The van der Waals surface area contributed by atoms with Gasteiger partial charge in [0.15, 0.2) is 0 Å². The number of carboxylic acids is 1. The summed E-state index contributed by atoms with van der Waals surface area (Å²) in [4.78, 5) is 69.0. The highest BCUT2D eigenvalue weighted by Gasteiger charge is 2.28. The third kappa shape index (κ3) is 64.7. The molecule has 3 atom stereocenters. The van der Waals surface area contributed by atoms with E-state index in [2.05, 4.69) is 85.6 Å². The van der Waals surface area contributed by atoms with E-state index in [4.69, 9.17) is 69.4 Å². The van der Waals surface area contributed by atoms with E-state index in [1.54, 1.807) is 87.2 Å². The molecule has 0 spiro atoms. The summed E-state index contributed by atoms with van der Waals surface area (Å²) in [6.45, 7) is 12.6. The summed E-state index contributed by atoms with van der Waals surface area (Å²) in [5.74, 6) is 15.4. The van der Waals surface area contributed by atoms with Crippen LogP contribution in [0.5, 0.6) is 0 Å². The Balaban J connectivity index is -0.000000201. The van der Waals surface area contributed by atoms with Crippen molar-refractivity contribution in [2.24, 2.45) is 5.73 Å². The van der Waals surface area contributed by atoms with Gasteiger partial charge in [0.2, 0.25) is 0 Å². The highest BCUT2D eigenvalue weighted by Crippen LogP contribution is 2.10. The van der Waals surface area contributed by atoms with Crippen LogP contribution in [0, 0.1) is 47.9 Å².